The summed E-state index contributed by atoms with van der Waals surface area (Å²) < 4.78 is 35.3. The van der Waals surface area contributed by atoms with E-state index in [9.17, 15) is 9.18 Å². The van der Waals surface area contributed by atoms with Gasteiger partial charge in [0, 0.05) is 24.8 Å². The van der Waals surface area contributed by atoms with E-state index in [0.29, 0.717) is 47.2 Å². The molecule has 1 aliphatic rings. The van der Waals surface area contributed by atoms with E-state index < -0.39 is 0 Å². The topological polar surface area (TPSA) is 74.0 Å². The van der Waals surface area contributed by atoms with Crippen LogP contribution in [0.25, 0.3) is 11.3 Å². The molecule has 0 N–H and O–H groups in total. The van der Waals surface area contributed by atoms with Crippen LogP contribution in [0.3, 0.4) is 0 Å². The second-order valence-corrected chi connectivity index (χ2v) is 7.58. The number of benzene rings is 2. The van der Waals surface area contributed by atoms with E-state index in [0.717, 1.165) is 12.8 Å². The number of rotatable bonds is 8. The number of aromatic nitrogens is 1. The molecular weight excluding hydrogens is 415 g/mol. The van der Waals surface area contributed by atoms with Gasteiger partial charge in [-0.1, -0.05) is 5.16 Å². The Morgan fingerprint density at radius 3 is 2.66 bits per heavy atom. The largest absolute Gasteiger partial charge is 0.497 e. The highest BCUT2D eigenvalue weighted by atomic mass is 19.1. The van der Waals surface area contributed by atoms with Crippen LogP contribution in [0.2, 0.25) is 0 Å². The average Bonchev–Trinajstić information content (AvgIpc) is 3.50. The molecule has 8 heteroatoms. The summed E-state index contributed by atoms with van der Waals surface area (Å²) in [5.41, 5.74) is 1.68. The molecule has 3 aromatic rings. The first-order valence-electron chi connectivity index (χ1n) is 10.4. The van der Waals surface area contributed by atoms with Gasteiger partial charge in [0.25, 0.3) is 5.91 Å². The van der Waals surface area contributed by atoms with Gasteiger partial charge in [-0.05, 0) is 55.3 Å². The number of nitrogens with zero attached hydrogens (tertiary/aromatic N) is 2. The first kappa shape index (κ1) is 21.8. The number of amides is 1. The second-order valence-electron chi connectivity index (χ2n) is 7.58. The zero-order valence-electron chi connectivity index (χ0n) is 18.0. The van der Waals surface area contributed by atoms with Crippen LogP contribution in [-0.4, -0.2) is 49.4 Å². The number of methoxy groups -OCH3 is 2. The molecule has 0 bridgehead atoms. The fourth-order valence-electron chi connectivity index (χ4n) is 3.74. The summed E-state index contributed by atoms with van der Waals surface area (Å²) >= 11 is 0. The van der Waals surface area contributed by atoms with Gasteiger partial charge in [-0.3, -0.25) is 4.79 Å². The highest BCUT2D eigenvalue weighted by Gasteiger charge is 2.25. The third kappa shape index (κ3) is 4.91. The van der Waals surface area contributed by atoms with E-state index in [-0.39, 0.29) is 24.4 Å². The number of hydrogen-bond acceptors (Lipinski definition) is 6. The number of carbonyl (C=O) groups excluding carboxylic acids is 1. The smallest absolute Gasteiger partial charge is 0.254 e. The van der Waals surface area contributed by atoms with Gasteiger partial charge in [0.15, 0.2) is 5.76 Å². The molecule has 1 aliphatic heterocycles. The molecule has 0 saturated carbocycles. The van der Waals surface area contributed by atoms with E-state index in [4.69, 9.17) is 18.7 Å². The lowest BCUT2D eigenvalue weighted by Gasteiger charge is -2.24. The molecule has 32 heavy (non-hydrogen) atoms. The van der Waals surface area contributed by atoms with Crippen molar-refractivity contribution in [3.05, 3.63) is 65.6 Å². The zero-order chi connectivity index (χ0) is 22.5. The molecule has 2 aromatic carbocycles. The van der Waals surface area contributed by atoms with Crippen molar-refractivity contribution < 1.29 is 27.9 Å². The summed E-state index contributed by atoms with van der Waals surface area (Å²) in [6.45, 7) is 1.33. The van der Waals surface area contributed by atoms with Crippen molar-refractivity contribution in [3.8, 4) is 22.8 Å². The monoisotopic (exact) mass is 440 g/mol. The van der Waals surface area contributed by atoms with Crippen molar-refractivity contribution in [2.75, 3.05) is 27.4 Å². The van der Waals surface area contributed by atoms with Crippen LogP contribution < -0.4 is 9.47 Å². The summed E-state index contributed by atoms with van der Waals surface area (Å²) in [6.07, 6.45) is 1.81. The van der Waals surface area contributed by atoms with Crippen LogP contribution in [0.1, 0.15) is 28.9 Å². The lowest BCUT2D eigenvalue weighted by Crippen LogP contribution is -2.37. The van der Waals surface area contributed by atoms with Crippen molar-refractivity contribution in [1.29, 1.82) is 0 Å². The lowest BCUT2D eigenvalue weighted by molar-refractivity contribution is 0.0502. The Morgan fingerprint density at radius 2 is 1.97 bits per heavy atom. The Morgan fingerprint density at radius 1 is 1.16 bits per heavy atom. The molecule has 0 spiro atoms. The van der Waals surface area contributed by atoms with E-state index in [1.54, 1.807) is 43.4 Å². The van der Waals surface area contributed by atoms with E-state index in [1.165, 1.54) is 24.3 Å². The van der Waals surface area contributed by atoms with Crippen molar-refractivity contribution in [3.63, 3.8) is 0 Å². The number of halogens is 1. The molecule has 0 aliphatic carbocycles. The molecule has 1 atom stereocenters. The maximum absolute atomic E-state index is 13.3. The third-order valence-corrected chi connectivity index (χ3v) is 5.41. The second kappa shape index (κ2) is 9.82. The lowest BCUT2D eigenvalue weighted by atomic mass is 10.1. The number of ether oxygens (including phenoxy) is 3. The Balaban J connectivity index is 1.58. The third-order valence-electron chi connectivity index (χ3n) is 5.41. The Kier molecular flexibility index (Phi) is 6.70. The van der Waals surface area contributed by atoms with Gasteiger partial charge >= 0.3 is 0 Å². The molecule has 2 heterocycles. The summed E-state index contributed by atoms with van der Waals surface area (Å²) in [5.74, 6) is 1.17. The van der Waals surface area contributed by atoms with Crippen LogP contribution in [0, 0.1) is 5.82 Å². The minimum absolute atomic E-state index is 0.0377. The average molecular weight is 440 g/mol. The normalized spacial score (nSPS) is 15.5. The van der Waals surface area contributed by atoms with E-state index >= 15 is 0 Å². The van der Waals surface area contributed by atoms with Gasteiger partial charge in [-0.25, -0.2) is 4.39 Å². The van der Waals surface area contributed by atoms with Gasteiger partial charge in [0.2, 0.25) is 0 Å². The van der Waals surface area contributed by atoms with Crippen LogP contribution in [0.4, 0.5) is 4.39 Å². The molecule has 0 unspecified atom stereocenters. The predicted molar refractivity (Wildman–Crippen MR) is 115 cm³/mol. The summed E-state index contributed by atoms with van der Waals surface area (Å²) in [7, 11) is 3.16. The molecule has 1 saturated heterocycles. The molecule has 168 valence electrons. The summed E-state index contributed by atoms with van der Waals surface area (Å²) in [5, 5.41) is 4.16. The highest BCUT2D eigenvalue weighted by Crippen LogP contribution is 2.34. The summed E-state index contributed by atoms with van der Waals surface area (Å²) in [6, 6.07) is 12.7. The van der Waals surface area contributed by atoms with Crippen molar-refractivity contribution in [2.24, 2.45) is 0 Å². The van der Waals surface area contributed by atoms with Crippen LogP contribution in [0.15, 0.2) is 53.1 Å². The Labute approximate surface area is 185 Å². The van der Waals surface area contributed by atoms with Gasteiger partial charge < -0.3 is 23.6 Å². The maximum atomic E-state index is 13.3. The molecular formula is C24H25FN2O5. The standard InChI is InChI=1S/C24H25FN2O5/c1-29-19-9-10-22(30-2)21(13-19)23-12-18(26-32-23)14-27(15-20-4-3-11-31-20)24(28)16-5-7-17(25)8-6-16/h5-10,12-13,20H,3-4,11,14-15H2,1-2H3/t20-/m1/s1. The highest BCUT2D eigenvalue weighted by molar-refractivity contribution is 5.94. The SMILES string of the molecule is COc1ccc(OC)c(-c2cc(CN(C[C@H]3CCCO3)C(=O)c3ccc(F)cc3)no2)c1. The van der Waals surface area contributed by atoms with Crippen LogP contribution >= 0.6 is 0 Å². The fraction of sp³-hybridized carbons (Fsp3) is 0.333. The van der Waals surface area contributed by atoms with Crippen molar-refractivity contribution in [2.45, 2.75) is 25.5 Å². The first-order valence-corrected chi connectivity index (χ1v) is 10.4. The Hall–Kier alpha value is -3.39. The van der Waals surface area contributed by atoms with Gasteiger partial charge in [0.1, 0.15) is 23.0 Å². The molecule has 1 fully saturated rings. The molecule has 0 radical (unpaired) electrons. The fourth-order valence-corrected chi connectivity index (χ4v) is 3.74. The van der Waals surface area contributed by atoms with E-state index in [2.05, 4.69) is 5.16 Å². The van der Waals surface area contributed by atoms with Crippen LogP contribution in [0.5, 0.6) is 11.5 Å². The Bertz CT molecular complexity index is 1060. The molecule has 7 nitrogen and oxygen atoms in total. The van der Waals surface area contributed by atoms with Gasteiger partial charge in [-0.2, -0.15) is 0 Å². The number of hydrogen-bond donors (Lipinski definition) is 0. The van der Waals surface area contributed by atoms with Crippen LogP contribution in [-0.2, 0) is 11.3 Å². The van der Waals surface area contributed by atoms with Gasteiger partial charge in [-0.15, -0.1) is 0 Å². The minimum atomic E-state index is -0.388. The van der Waals surface area contributed by atoms with E-state index in [1.807, 2.05) is 0 Å². The molecule has 4 rings (SSSR count). The number of carbonyl (C=O) groups is 1. The maximum Gasteiger partial charge on any atom is 0.254 e. The summed E-state index contributed by atoms with van der Waals surface area (Å²) in [4.78, 5) is 14.8. The first-order chi connectivity index (χ1) is 15.6. The minimum Gasteiger partial charge on any atom is -0.497 e. The van der Waals surface area contributed by atoms with Gasteiger partial charge in [0.05, 0.1) is 32.4 Å². The van der Waals surface area contributed by atoms with Crippen molar-refractivity contribution in [1.82, 2.24) is 10.1 Å². The molecule has 1 aromatic heterocycles. The quantitative estimate of drug-likeness (QED) is 0.519. The molecule has 1 amide bonds. The van der Waals surface area contributed by atoms with Crippen molar-refractivity contribution >= 4 is 5.91 Å². The zero-order valence-corrected chi connectivity index (χ0v) is 18.0. The predicted octanol–water partition coefficient (Wildman–Crippen LogP) is 4.32.